The number of hydrogen-bond acceptors (Lipinski definition) is 3. The molecule has 0 bridgehead atoms. The fraction of sp³-hybridized carbons (Fsp3) is 0.353. The standard InChI is InChI=1S/C17H21F2NO2/c1-5-7-16(22-6-2)13(11-20(3)4)17(21)12-8-9-14(18)15(19)10-12/h7-11H,5-6H2,1-4H3/b13-11+,16-7+. The average molecular weight is 309 g/mol. The SMILES string of the molecule is CC/C=C(OCC)\C(=C/N(C)C)C(=O)c1ccc(F)c(F)c1. The van der Waals surface area contributed by atoms with Gasteiger partial charge in [0.2, 0.25) is 0 Å². The maximum Gasteiger partial charge on any atom is 0.198 e. The number of carbonyl (C=O) groups is 1. The number of nitrogens with zero attached hydrogens (tertiary/aromatic N) is 1. The first-order valence-electron chi connectivity index (χ1n) is 7.12. The van der Waals surface area contributed by atoms with Crippen LogP contribution in [-0.2, 0) is 4.74 Å². The summed E-state index contributed by atoms with van der Waals surface area (Å²) >= 11 is 0. The molecule has 0 amide bonds. The van der Waals surface area contributed by atoms with Crippen molar-refractivity contribution in [1.29, 1.82) is 0 Å². The highest BCUT2D eigenvalue weighted by atomic mass is 19.2. The molecule has 22 heavy (non-hydrogen) atoms. The number of benzene rings is 1. The van der Waals surface area contributed by atoms with Gasteiger partial charge in [-0.05, 0) is 37.6 Å². The van der Waals surface area contributed by atoms with E-state index >= 15 is 0 Å². The summed E-state index contributed by atoms with van der Waals surface area (Å²) in [7, 11) is 3.54. The Labute approximate surface area is 129 Å². The van der Waals surface area contributed by atoms with Gasteiger partial charge in [0.05, 0.1) is 12.2 Å². The molecular weight excluding hydrogens is 288 g/mol. The molecular formula is C17H21F2NO2. The van der Waals surface area contributed by atoms with Crippen molar-refractivity contribution in [1.82, 2.24) is 4.90 Å². The average Bonchev–Trinajstić information content (AvgIpc) is 2.46. The number of halogens is 2. The number of ether oxygens (including phenoxy) is 1. The van der Waals surface area contributed by atoms with Crippen molar-refractivity contribution in [2.45, 2.75) is 20.3 Å². The molecule has 1 aromatic rings. The highest BCUT2D eigenvalue weighted by Crippen LogP contribution is 2.20. The number of hydrogen-bond donors (Lipinski definition) is 0. The smallest absolute Gasteiger partial charge is 0.198 e. The van der Waals surface area contributed by atoms with E-state index < -0.39 is 17.4 Å². The lowest BCUT2D eigenvalue weighted by Crippen LogP contribution is -2.14. The van der Waals surface area contributed by atoms with E-state index in [4.69, 9.17) is 4.74 Å². The minimum absolute atomic E-state index is 0.0775. The van der Waals surface area contributed by atoms with E-state index in [1.54, 1.807) is 31.3 Å². The van der Waals surface area contributed by atoms with Crippen molar-refractivity contribution in [2.75, 3.05) is 20.7 Å². The van der Waals surface area contributed by atoms with Gasteiger partial charge in [0.25, 0.3) is 0 Å². The van der Waals surface area contributed by atoms with E-state index in [1.807, 2.05) is 13.8 Å². The molecule has 0 aromatic heterocycles. The highest BCUT2D eigenvalue weighted by Gasteiger charge is 2.19. The van der Waals surface area contributed by atoms with E-state index in [0.717, 1.165) is 12.1 Å². The van der Waals surface area contributed by atoms with Gasteiger partial charge in [-0.1, -0.05) is 6.92 Å². The van der Waals surface area contributed by atoms with Gasteiger partial charge in [-0.25, -0.2) is 8.78 Å². The maximum absolute atomic E-state index is 13.4. The Balaban J connectivity index is 3.29. The molecule has 0 spiro atoms. The predicted molar refractivity (Wildman–Crippen MR) is 82.5 cm³/mol. The zero-order chi connectivity index (χ0) is 16.7. The first-order chi connectivity index (χ1) is 10.4. The van der Waals surface area contributed by atoms with Gasteiger partial charge in [-0.3, -0.25) is 4.79 Å². The third-order valence-corrected chi connectivity index (χ3v) is 2.77. The fourth-order valence-corrected chi connectivity index (χ4v) is 1.87. The molecule has 0 aliphatic carbocycles. The molecule has 1 rings (SSSR count). The van der Waals surface area contributed by atoms with Crippen LogP contribution in [0.1, 0.15) is 30.6 Å². The van der Waals surface area contributed by atoms with Gasteiger partial charge in [0.15, 0.2) is 17.4 Å². The lowest BCUT2D eigenvalue weighted by molar-refractivity contribution is 0.102. The molecule has 0 radical (unpaired) electrons. The van der Waals surface area contributed by atoms with Crippen molar-refractivity contribution < 1.29 is 18.3 Å². The Kier molecular flexibility index (Phi) is 6.76. The second-order valence-corrected chi connectivity index (χ2v) is 4.87. The van der Waals surface area contributed by atoms with E-state index in [9.17, 15) is 13.6 Å². The van der Waals surface area contributed by atoms with E-state index in [1.165, 1.54) is 6.07 Å². The molecule has 0 atom stereocenters. The molecule has 3 nitrogen and oxygen atoms in total. The molecule has 0 aliphatic heterocycles. The van der Waals surface area contributed by atoms with Crippen LogP contribution in [-0.4, -0.2) is 31.4 Å². The summed E-state index contributed by atoms with van der Waals surface area (Å²) < 4.78 is 31.9. The fourth-order valence-electron chi connectivity index (χ4n) is 1.87. The topological polar surface area (TPSA) is 29.5 Å². The molecule has 0 fully saturated rings. The maximum atomic E-state index is 13.4. The van der Waals surface area contributed by atoms with Crippen molar-refractivity contribution in [3.63, 3.8) is 0 Å². The minimum Gasteiger partial charge on any atom is -0.493 e. The second kappa shape index (κ2) is 8.32. The van der Waals surface area contributed by atoms with Crippen LogP contribution >= 0.6 is 0 Å². The van der Waals surface area contributed by atoms with Crippen molar-refractivity contribution >= 4 is 5.78 Å². The van der Waals surface area contributed by atoms with E-state index in [2.05, 4.69) is 0 Å². The first kappa shape index (κ1) is 17.9. The Morgan fingerprint density at radius 2 is 1.91 bits per heavy atom. The Morgan fingerprint density at radius 1 is 1.23 bits per heavy atom. The van der Waals surface area contributed by atoms with Crippen LogP contribution in [0.2, 0.25) is 0 Å². The van der Waals surface area contributed by atoms with Crippen molar-refractivity contribution in [3.05, 3.63) is 59.0 Å². The normalized spacial score (nSPS) is 12.3. The van der Waals surface area contributed by atoms with Gasteiger partial charge < -0.3 is 9.64 Å². The summed E-state index contributed by atoms with van der Waals surface area (Å²) in [6, 6.07) is 3.11. The summed E-state index contributed by atoms with van der Waals surface area (Å²) in [6.07, 6.45) is 4.09. The molecule has 0 saturated heterocycles. The third-order valence-electron chi connectivity index (χ3n) is 2.77. The van der Waals surface area contributed by atoms with Crippen LogP contribution in [0.4, 0.5) is 8.78 Å². The minimum atomic E-state index is -1.05. The van der Waals surface area contributed by atoms with Crippen LogP contribution in [0.5, 0.6) is 0 Å². The number of allylic oxidation sites excluding steroid dienone is 2. The lowest BCUT2D eigenvalue weighted by Gasteiger charge is -2.15. The first-order valence-corrected chi connectivity index (χ1v) is 7.12. The van der Waals surface area contributed by atoms with Crippen LogP contribution in [0.15, 0.2) is 41.8 Å². The zero-order valence-electron chi connectivity index (χ0n) is 13.3. The summed E-state index contributed by atoms with van der Waals surface area (Å²) in [5.41, 5.74) is 0.383. The van der Waals surface area contributed by atoms with Crippen LogP contribution in [0.3, 0.4) is 0 Å². The number of rotatable bonds is 7. The lowest BCUT2D eigenvalue weighted by atomic mass is 10.0. The summed E-state index contributed by atoms with van der Waals surface area (Å²) in [6.45, 7) is 4.15. The van der Waals surface area contributed by atoms with Crippen molar-refractivity contribution in [2.24, 2.45) is 0 Å². The molecule has 5 heteroatoms. The Bertz CT molecular complexity index is 592. The molecule has 1 aromatic carbocycles. The number of ketones is 1. The zero-order valence-corrected chi connectivity index (χ0v) is 13.3. The van der Waals surface area contributed by atoms with Gasteiger partial charge >= 0.3 is 0 Å². The predicted octanol–water partition coefficient (Wildman–Crippen LogP) is 3.92. The molecule has 0 heterocycles. The molecule has 120 valence electrons. The number of carbonyl (C=O) groups excluding carboxylic acids is 1. The Morgan fingerprint density at radius 3 is 2.41 bits per heavy atom. The largest absolute Gasteiger partial charge is 0.493 e. The molecule has 0 N–H and O–H groups in total. The van der Waals surface area contributed by atoms with Crippen LogP contribution in [0.25, 0.3) is 0 Å². The summed E-state index contributed by atoms with van der Waals surface area (Å²) in [5.74, 6) is -2.01. The van der Waals surface area contributed by atoms with Gasteiger partial charge in [0, 0.05) is 25.9 Å². The summed E-state index contributed by atoms with van der Waals surface area (Å²) in [5, 5.41) is 0. The van der Waals surface area contributed by atoms with E-state index in [-0.39, 0.29) is 5.56 Å². The monoisotopic (exact) mass is 309 g/mol. The summed E-state index contributed by atoms with van der Waals surface area (Å²) in [4.78, 5) is 14.3. The van der Waals surface area contributed by atoms with Gasteiger partial charge in [0.1, 0.15) is 5.76 Å². The third kappa shape index (κ3) is 4.69. The molecule has 0 aliphatic rings. The molecule has 0 saturated carbocycles. The number of Topliss-reactive ketones (excluding diaryl/α,β-unsaturated/α-hetero) is 1. The van der Waals surface area contributed by atoms with Crippen LogP contribution < -0.4 is 0 Å². The van der Waals surface area contributed by atoms with Gasteiger partial charge in [-0.15, -0.1) is 0 Å². The van der Waals surface area contributed by atoms with E-state index in [0.29, 0.717) is 24.4 Å². The molecule has 0 unspecified atom stereocenters. The highest BCUT2D eigenvalue weighted by molar-refractivity contribution is 6.11. The Hall–Kier alpha value is -2.17. The van der Waals surface area contributed by atoms with Gasteiger partial charge in [-0.2, -0.15) is 0 Å². The van der Waals surface area contributed by atoms with Crippen LogP contribution in [0, 0.1) is 11.6 Å². The van der Waals surface area contributed by atoms with Crippen molar-refractivity contribution in [3.8, 4) is 0 Å². The second-order valence-electron chi connectivity index (χ2n) is 4.87. The quantitative estimate of drug-likeness (QED) is 0.331.